The Morgan fingerprint density at radius 1 is 1.00 bits per heavy atom. The van der Waals surface area contributed by atoms with E-state index in [9.17, 15) is 8.78 Å². The molecule has 2 aromatic rings. The van der Waals surface area contributed by atoms with Crippen molar-refractivity contribution in [1.29, 1.82) is 0 Å². The van der Waals surface area contributed by atoms with Crippen LogP contribution in [0.15, 0.2) is 36.4 Å². The van der Waals surface area contributed by atoms with Crippen molar-refractivity contribution in [2.24, 2.45) is 5.73 Å². The van der Waals surface area contributed by atoms with E-state index >= 15 is 0 Å². The molecule has 0 aliphatic rings. The van der Waals surface area contributed by atoms with E-state index in [2.05, 4.69) is 0 Å². The lowest BCUT2D eigenvalue weighted by Gasteiger charge is -2.12. The summed E-state index contributed by atoms with van der Waals surface area (Å²) in [5, 5.41) is 0. The third kappa shape index (κ3) is 3.29. The fraction of sp³-hybridized carbons (Fsp3) is 0.200. The zero-order valence-corrected chi connectivity index (χ0v) is 10.6. The van der Waals surface area contributed by atoms with Crippen molar-refractivity contribution in [1.82, 2.24) is 0 Å². The van der Waals surface area contributed by atoms with Crippen molar-refractivity contribution < 1.29 is 13.5 Å². The molecule has 0 bridgehead atoms. The fourth-order valence-corrected chi connectivity index (χ4v) is 1.83. The van der Waals surface area contributed by atoms with Gasteiger partial charge in [0.1, 0.15) is 24.0 Å². The summed E-state index contributed by atoms with van der Waals surface area (Å²) in [6.07, 6.45) is 0. The van der Waals surface area contributed by atoms with Gasteiger partial charge in [0.15, 0.2) is 0 Å². The molecule has 0 atom stereocenters. The molecule has 2 rings (SSSR count). The molecule has 2 nitrogen and oxygen atoms in total. The Balaban J connectivity index is 2.14. The molecule has 0 spiro atoms. The van der Waals surface area contributed by atoms with Crippen LogP contribution in [0.5, 0.6) is 5.75 Å². The predicted molar refractivity (Wildman–Crippen MR) is 69.8 cm³/mol. The molecular weight excluding hydrogens is 248 g/mol. The van der Waals surface area contributed by atoms with E-state index in [1.165, 1.54) is 24.3 Å². The summed E-state index contributed by atoms with van der Waals surface area (Å²) in [6.45, 7) is 2.32. The van der Waals surface area contributed by atoms with E-state index in [-0.39, 0.29) is 18.2 Å². The number of hydrogen-bond donors (Lipinski definition) is 1. The van der Waals surface area contributed by atoms with Crippen LogP contribution >= 0.6 is 0 Å². The van der Waals surface area contributed by atoms with Crippen LogP contribution in [0.4, 0.5) is 8.78 Å². The average molecular weight is 263 g/mol. The Kier molecular flexibility index (Phi) is 4.12. The summed E-state index contributed by atoms with van der Waals surface area (Å²) >= 11 is 0. The summed E-state index contributed by atoms with van der Waals surface area (Å²) in [4.78, 5) is 0. The molecule has 0 saturated heterocycles. The maximum absolute atomic E-state index is 13.1. The van der Waals surface area contributed by atoms with Crippen LogP contribution in [0.1, 0.15) is 16.7 Å². The molecule has 0 saturated carbocycles. The second kappa shape index (κ2) is 5.80. The van der Waals surface area contributed by atoms with Crippen LogP contribution in [0.2, 0.25) is 0 Å². The zero-order chi connectivity index (χ0) is 13.8. The van der Waals surface area contributed by atoms with Gasteiger partial charge in [0.2, 0.25) is 0 Å². The zero-order valence-electron chi connectivity index (χ0n) is 10.6. The molecule has 2 aromatic carbocycles. The molecule has 0 unspecified atom stereocenters. The van der Waals surface area contributed by atoms with E-state index in [1.807, 2.05) is 6.92 Å². The van der Waals surface area contributed by atoms with Crippen LogP contribution in [-0.2, 0) is 13.2 Å². The highest BCUT2D eigenvalue weighted by molar-refractivity contribution is 5.34. The summed E-state index contributed by atoms with van der Waals surface area (Å²) in [5.74, 6) is -0.0657. The lowest BCUT2D eigenvalue weighted by atomic mass is 10.1. The average Bonchev–Trinajstić information content (AvgIpc) is 2.39. The fourth-order valence-electron chi connectivity index (χ4n) is 1.83. The van der Waals surface area contributed by atoms with Crippen molar-refractivity contribution in [3.63, 3.8) is 0 Å². The van der Waals surface area contributed by atoms with Crippen LogP contribution in [0.3, 0.4) is 0 Å². The van der Waals surface area contributed by atoms with Gasteiger partial charge in [-0.1, -0.05) is 6.07 Å². The Bertz CT molecular complexity index is 584. The quantitative estimate of drug-likeness (QED) is 0.918. The van der Waals surface area contributed by atoms with Crippen LogP contribution in [0.25, 0.3) is 0 Å². The van der Waals surface area contributed by atoms with E-state index < -0.39 is 0 Å². The number of nitrogens with two attached hydrogens (primary N) is 1. The van der Waals surface area contributed by atoms with Gasteiger partial charge in [-0.25, -0.2) is 8.78 Å². The van der Waals surface area contributed by atoms with Crippen molar-refractivity contribution in [3.05, 3.63) is 64.7 Å². The number of ether oxygens (including phenoxy) is 1. The van der Waals surface area contributed by atoms with Crippen molar-refractivity contribution in [3.8, 4) is 5.75 Å². The third-order valence-corrected chi connectivity index (χ3v) is 2.93. The number of halogens is 2. The SMILES string of the molecule is Cc1cc(F)ccc1COc1ccc(F)cc1CN. The third-order valence-electron chi connectivity index (χ3n) is 2.93. The van der Waals surface area contributed by atoms with Crippen LogP contribution in [-0.4, -0.2) is 0 Å². The minimum absolute atomic E-state index is 0.204. The molecule has 0 heterocycles. The first-order chi connectivity index (χ1) is 9.10. The summed E-state index contributed by atoms with van der Waals surface area (Å²) < 4.78 is 31.6. The number of hydrogen-bond acceptors (Lipinski definition) is 2. The highest BCUT2D eigenvalue weighted by atomic mass is 19.1. The van der Waals surface area contributed by atoms with Gasteiger partial charge in [-0.05, 0) is 48.4 Å². The Hall–Kier alpha value is -1.94. The van der Waals surface area contributed by atoms with Gasteiger partial charge in [-0.2, -0.15) is 0 Å². The van der Waals surface area contributed by atoms with Gasteiger partial charge in [-0.15, -0.1) is 0 Å². The maximum atomic E-state index is 13.1. The molecule has 19 heavy (non-hydrogen) atoms. The van der Waals surface area contributed by atoms with E-state index in [0.717, 1.165) is 11.1 Å². The summed E-state index contributed by atoms with van der Waals surface area (Å²) in [7, 11) is 0. The molecule has 0 aliphatic carbocycles. The van der Waals surface area contributed by atoms with Crippen molar-refractivity contribution in [2.45, 2.75) is 20.1 Å². The first kappa shape index (κ1) is 13.5. The van der Waals surface area contributed by atoms with Crippen LogP contribution in [0, 0.1) is 18.6 Å². The largest absolute Gasteiger partial charge is 0.489 e. The Labute approximate surface area is 110 Å². The summed E-state index contributed by atoms with van der Waals surface area (Å²) in [6, 6.07) is 8.75. The van der Waals surface area contributed by atoms with Gasteiger partial charge in [-0.3, -0.25) is 0 Å². The van der Waals surface area contributed by atoms with Gasteiger partial charge in [0.25, 0.3) is 0 Å². The van der Waals surface area contributed by atoms with E-state index in [1.54, 1.807) is 12.1 Å². The molecule has 0 fully saturated rings. The Morgan fingerprint density at radius 2 is 1.68 bits per heavy atom. The summed E-state index contributed by atoms with van der Waals surface area (Å²) in [5.41, 5.74) is 7.85. The monoisotopic (exact) mass is 263 g/mol. The minimum Gasteiger partial charge on any atom is -0.489 e. The number of rotatable bonds is 4. The van der Waals surface area contributed by atoms with Gasteiger partial charge in [0, 0.05) is 12.1 Å². The van der Waals surface area contributed by atoms with E-state index in [0.29, 0.717) is 17.9 Å². The topological polar surface area (TPSA) is 35.2 Å². The molecule has 0 aliphatic heterocycles. The molecule has 4 heteroatoms. The molecule has 100 valence electrons. The van der Waals surface area contributed by atoms with Gasteiger partial charge < -0.3 is 10.5 Å². The van der Waals surface area contributed by atoms with E-state index in [4.69, 9.17) is 10.5 Å². The second-order valence-electron chi connectivity index (χ2n) is 4.32. The minimum atomic E-state index is -0.342. The first-order valence-corrected chi connectivity index (χ1v) is 5.96. The number of benzene rings is 2. The second-order valence-corrected chi connectivity index (χ2v) is 4.32. The highest BCUT2D eigenvalue weighted by Crippen LogP contribution is 2.21. The molecule has 0 amide bonds. The predicted octanol–water partition coefficient (Wildman–Crippen LogP) is 3.31. The maximum Gasteiger partial charge on any atom is 0.124 e. The molecule has 0 radical (unpaired) electrons. The Morgan fingerprint density at radius 3 is 2.37 bits per heavy atom. The van der Waals surface area contributed by atoms with Gasteiger partial charge in [0.05, 0.1) is 0 Å². The first-order valence-electron chi connectivity index (χ1n) is 5.96. The molecular formula is C15H15F2NO. The van der Waals surface area contributed by atoms with Crippen molar-refractivity contribution in [2.75, 3.05) is 0 Å². The number of aryl methyl sites for hydroxylation is 1. The van der Waals surface area contributed by atoms with Gasteiger partial charge >= 0.3 is 0 Å². The lowest BCUT2D eigenvalue weighted by Crippen LogP contribution is -2.04. The molecule has 2 N–H and O–H groups in total. The molecule has 0 aromatic heterocycles. The normalized spacial score (nSPS) is 10.5. The lowest BCUT2D eigenvalue weighted by molar-refractivity contribution is 0.301. The standard InChI is InChI=1S/C15H15F2NO/c1-10-6-13(16)3-2-11(10)9-19-15-5-4-14(17)7-12(15)8-18/h2-7H,8-9,18H2,1H3. The van der Waals surface area contributed by atoms with Crippen molar-refractivity contribution >= 4 is 0 Å². The van der Waals surface area contributed by atoms with Crippen LogP contribution < -0.4 is 10.5 Å². The smallest absolute Gasteiger partial charge is 0.124 e. The highest BCUT2D eigenvalue weighted by Gasteiger charge is 2.06.